The lowest BCUT2D eigenvalue weighted by Gasteiger charge is -2.14. The van der Waals surface area contributed by atoms with Crippen LogP contribution in [0.2, 0.25) is 0 Å². The second-order valence-corrected chi connectivity index (χ2v) is 2.60. The van der Waals surface area contributed by atoms with E-state index in [0.29, 0.717) is 19.6 Å². The molecule has 0 aromatic heterocycles. The summed E-state index contributed by atoms with van der Waals surface area (Å²) in [5.74, 6) is -0.329. The minimum absolute atomic E-state index is 0.228. The van der Waals surface area contributed by atoms with Crippen molar-refractivity contribution in [2.24, 2.45) is 5.73 Å². The molecule has 0 heterocycles. The molecule has 0 amide bonds. The Hall–Kier alpha value is -0.650. The lowest BCUT2D eigenvalue weighted by Crippen LogP contribution is -2.38. The smallest absolute Gasteiger partial charge is 0.323 e. The highest BCUT2D eigenvalue weighted by Gasteiger charge is 2.17. The molecule has 4 N–H and O–H groups in total. The van der Waals surface area contributed by atoms with Gasteiger partial charge in [-0.25, -0.2) is 0 Å². The fourth-order valence-corrected chi connectivity index (χ4v) is 0.978. The summed E-state index contributed by atoms with van der Waals surface area (Å²) in [6, 6.07) is -0.437. The van der Waals surface area contributed by atoms with E-state index in [1.165, 1.54) is 0 Å². The van der Waals surface area contributed by atoms with E-state index in [1.807, 2.05) is 0 Å². The Morgan fingerprint density at radius 3 is 2.85 bits per heavy atom. The Balaban J connectivity index is 3.83. The molecule has 0 aromatic carbocycles. The SMILES string of the molecule is CCOC(=O)C(CCCN)NCO. The van der Waals surface area contributed by atoms with Gasteiger partial charge >= 0.3 is 5.97 Å². The molecular weight excluding hydrogens is 172 g/mol. The van der Waals surface area contributed by atoms with E-state index < -0.39 is 6.04 Å². The molecule has 1 unspecified atom stereocenters. The summed E-state index contributed by atoms with van der Waals surface area (Å²) in [5, 5.41) is 11.2. The molecule has 5 nitrogen and oxygen atoms in total. The number of nitrogens with one attached hydrogen (secondary N) is 1. The number of esters is 1. The van der Waals surface area contributed by atoms with Crippen molar-refractivity contribution in [1.29, 1.82) is 0 Å². The lowest BCUT2D eigenvalue weighted by atomic mass is 10.1. The van der Waals surface area contributed by atoms with Crippen LogP contribution in [0.3, 0.4) is 0 Å². The van der Waals surface area contributed by atoms with Gasteiger partial charge in [-0.1, -0.05) is 0 Å². The van der Waals surface area contributed by atoms with Gasteiger partial charge in [-0.05, 0) is 26.3 Å². The van der Waals surface area contributed by atoms with Crippen LogP contribution in [0, 0.1) is 0 Å². The molecule has 0 aromatic rings. The predicted molar refractivity (Wildman–Crippen MR) is 48.9 cm³/mol. The van der Waals surface area contributed by atoms with Crippen LogP contribution in [-0.2, 0) is 9.53 Å². The van der Waals surface area contributed by atoms with Crippen molar-refractivity contribution in [3.05, 3.63) is 0 Å². The van der Waals surface area contributed by atoms with Gasteiger partial charge in [0.25, 0.3) is 0 Å². The summed E-state index contributed by atoms with van der Waals surface area (Å²) >= 11 is 0. The van der Waals surface area contributed by atoms with Gasteiger partial charge < -0.3 is 15.6 Å². The molecular formula is C8H18N2O3. The lowest BCUT2D eigenvalue weighted by molar-refractivity contribution is -0.146. The average Bonchev–Trinajstić information content (AvgIpc) is 2.12. The van der Waals surface area contributed by atoms with E-state index in [-0.39, 0.29) is 12.7 Å². The zero-order chi connectivity index (χ0) is 10.1. The molecule has 0 aliphatic rings. The van der Waals surface area contributed by atoms with Gasteiger partial charge in [-0.2, -0.15) is 0 Å². The third-order valence-electron chi connectivity index (χ3n) is 1.61. The van der Waals surface area contributed by atoms with Crippen LogP contribution < -0.4 is 11.1 Å². The highest BCUT2D eigenvalue weighted by atomic mass is 16.5. The Bertz CT molecular complexity index is 141. The Morgan fingerprint density at radius 2 is 2.38 bits per heavy atom. The molecule has 5 heteroatoms. The monoisotopic (exact) mass is 190 g/mol. The first-order valence-electron chi connectivity index (χ1n) is 4.47. The second-order valence-electron chi connectivity index (χ2n) is 2.60. The van der Waals surface area contributed by atoms with Crippen molar-refractivity contribution in [3.8, 4) is 0 Å². The molecule has 1 atom stereocenters. The minimum atomic E-state index is -0.437. The second kappa shape index (κ2) is 7.97. The number of ether oxygens (including phenoxy) is 1. The molecule has 0 fully saturated rings. The number of nitrogens with two attached hydrogens (primary N) is 1. The van der Waals surface area contributed by atoms with Gasteiger partial charge in [0.1, 0.15) is 6.04 Å². The van der Waals surface area contributed by atoms with Crippen molar-refractivity contribution in [1.82, 2.24) is 5.32 Å². The molecule has 0 rings (SSSR count). The zero-order valence-corrected chi connectivity index (χ0v) is 7.95. The van der Waals surface area contributed by atoms with Crippen LogP contribution >= 0.6 is 0 Å². The Morgan fingerprint density at radius 1 is 1.69 bits per heavy atom. The van der Waals surface area contributed by atoms with E-state index in [4.69, 9.17) is 15.6 Å². The fourth-order valence-electron chi connectivity index (χ4n) is 0.978. The van der Waals surface area contributed by atoms with Crippen molar-refractivity contribution < 1.29 is 14.6 Å². The van der Waals surface area contributed by atoms with Crippen molar-refractivity contribution in [3.63, 3.8) is 0 Å². The van der Waals surface area contributed by atoms with Gasteiger partial charge in [0.15, 0.2) is 0 Å². The largest absolute Gasteiger partial charge is 0.465 e. The van der Waals surface area contributed by atoms with Crippen molar-refractivity contribution in [2.45, 2.75) is 25.8 Å². The highest BCUT2D eigenvalue weighted by molar-refractivity contribution is 5.75. The standard InChI is InChI=1S/C8H18N2O3/c1-2-13-8(12)7(10-6-11)4-3-5-9/h7,10-11H,2-6,9H2,1H3. The van der Waals surface area contributed by atoms with Crippen LogP contribution in [0.15, 0.2) is 0 Å². The van der Waals surface area contributed by atoms with Gasteiger partial charge in [0, 0.05) is 0 Å². The molecule has 0 saturated carbocycles. The third-order valence-corrected chi connectivity index (χ3v) is 1.61. The number of aliphatic hydroxyl groups excluding tert-OH is 1. The summed E-state index contributed by atoms with van der Waals surface area (Å²) in [7, 11) is 0. The maximum atomic E-state index is 11.2. The van der Waals surface area contributed by atoms with Gasteiger partial charge in [-0.15, -0.1) is 0 Å². The fraction of sp³-hybridized carbons (Fsp3) is 0.875. The number of carbonyl (C=O) groups is 1. The summed E-state index contributed by atoms with van der Waals surface area (Å²) < 4.78 is 4.80. The van der Waals surface area contributed by atoms with E-state index in [2.05, 4.69) is 5.32 Å². The van der Waals surface area contributed by atoms with Crippen LogP contribution in [0.5, 0.6) is 0 Å². The summed E-state index contributed by atoms with van der Waals surface area (Å²) in [6.07, 6.45) is 1.33. The Kier molecular flexibility index (Phi) is 7.57. The van der Waals surface area contributed by atoms with Crippen LogP contribution in [-0.4, -0.2) is 37.0 Å². The molecule has 0 bridgehead atoms. The topological polar surface area (TPSA) is 84.6 Å². The van der Waals surface area contributed by atoms with E-state index >= 15 is 0 Å². The molecule has 0 radical (unpaired) electrons. The summed E-state index contributed by atoms with van der Waals surface area (Å²) in [6.45, 7) is 2.40. The summed E-state index contributed by atoms with van der Waals surface area (Å²) in [4.78, 5) is 11.2. The molecule has 13 heavy (non-hydrogen) atoms. The minimum Gasteiger partial charge on any atom is -0.465 e. The first kappa shape index (κ1) is 12.3. The maximum absolute atomic E-state index is 11.2. The normalized spacial score (nSPS) is 12.5. The predicted octanol–water partition coefficient (Wildman–Crippen LogP) is -0.804. The van der Waals surface area contributed by atoms with Gasteiger partial charge in [0.2, 0.25) is 0 Å². The molecule has 0 spiro atoms. The van der Waals surface area contributed by atoms with E-state index in [0.717, 1.165) is 6.42 Å². The third kappa shape index (κ3) is 5.57. The van der Waals surface area contributed by atoms with Crippen LogP contribution in [0.1, 0.15) is 19.8 Å². The number of carbonyl (C=O) groups excluding carboxylic acids is 1. The van der Waals surface area contributed by atoms with E-state index in [9.17, 15) is 4.79 Å². The van der Waals surface area contributed by atoms with Crippen LogP contribution in [0.25, 0.3) is 0 Å². The van der Waals surface area contributed by atoms with Gasteiger partial charge in [-0.3, -0.25) is 10.1 Å². The van der Waals surface area contributed by atoms with Crippen molar-refractivity contribution >= 4 is 5.97 Å². The number of rotatable bonds is 7. The molecule has 0 aliphatic heterocycles. The molecule has 0 saturated heterocycles. The maximum Gasteiger partial charge on any atom is 0.323 e. The van der Waals surface area contributed by atoms with E-state index in [1.54, 1.807) is 6.92 Å². The number of aliphatic hydroxyl groups is 1. The zero-order valence-electron chi connectivity index (χ0n) is 7.95. The highest BCUT2D eigenvalue weighted by Crippen LogP contribution is 1.98. The average molecular weight is 190 g/mol. The summed E-state index contributed by atoms with van der Waals surface area (Å²) in [5.41, 5.74) is 5.30. The molecule has 78 valence electrons. The number of hydrogen-bond acceptors (Lipinski definition) is 5. The first-order chi connectivity index (χ1) is 6.26. The Labute approximate surface area is 78.3 Å². The first-order valence-corrected chi connectivity index (χ1v) is 4.47. The number of hydrogen-bond donors (Lipinski definition) is 3. The quantitative estimate of drug-likeness (QED) is 0.361. The van der Waals surface area contributed by atoms with Crippen LogP contribution in [0.4, 0.5) is 0 Å². The molecule has 0 aliphatic carbocycles. The van der Waals surface area contributed by atoms with Crippen molar-refractivity contribution in [2.75, 3.05) is 19.9 Å². The van der Waals surface area contributed by atoms with Gasteiger partial charge in [0.05, 0.1) is 13.3 Å².